The van der Waals surface area contributed by atoms with E-state index in [0.29, 0.717) is 54.4 Å². The van der Waals surface area contributed by atoms with Gasteiger partial charge in [-0.2, -0.15) is 0 Å². The summed E-state index contributed by atoms with van der Waals surface area (Å²) in [6.07, 6.45) is 4.62. The van der Waals surface area contributed by atoms with Crippen LogP contribution in [0.2, 0.25) is 5.02 Å². The molecule has 11 heteroatoms. The highest BCUT2D eigenvalue weighted by molar-refractivity contribution is 6.32. The fourth-order valence-electron chi connectivity index (χ4n) is 4.62. The van der Waals surface area contributed by atoms with Gasteiger partial charge in [0.05, 0.1) is 35.6 Å². The minimum absolute atomic E-state index is 0. The number of pyridine rings is 2. The Morgan fingerprint density at radius 3 is 2.61 bits per heavy atom. The van der Waals surface area contributed by atoms with Crippen LogP contribution in [0.15, 0.2) is 36.7 Å². The van der Waals surface area contributed by atoms with Gasteiger partial charge in [0.25, 0.3) is 0 Å². The Morgan fingerprint density at radius 1 is 1.11 bits per heavy atom. The average Bonchev–Trinajstić information content (AvgIpc) is 2.87. The molecule has 2 aliphatic rings. The van der Waals surface area contributed by atoms with Crippen molar-refractivity contribution in [1.82, 2.24) is 20.2 Å². The van der Waals surface area contributed by atoms with Gasteiger partial charge in [-0.05, 0) is 44.1 Å². The third kappa shape index (κ3) is 6.43. The molecular weight excluding hydrogens is 527 g/mol. The number of methoxy groups -OCH3 is 1. The van der Waals surface area contributed by atoms with Crippen molar-refractivity contribution in [1.29, 1.82) is 0 Å². The van der Waals surface area contributed by atoms with Crippen molar-refractivity contribution in [2.45, 2.75) is 31.5 Å². The first-order valence-electron chi connectivity index (χ1n) is 11.6. The number of halogens is 3. The zero-order chi connectivity index (χ0) is 23.5. The van der Waals surface area contributed by atoms with Gasteiger partial charge in [0.15, 0.2) is 11.5 Å². The molecule has 0 amide bonds. The SMILES string of the molecule is COc1ccc2ncc(Cl)c(C(O)CN3CCC(NCc4cc5c(cn4)OCCO5)CC3)c2c1.Cl.Cl. The molecule has 0 saturated carbocycles. The molecule has 5 rings (SSSR count). The third-order valence-corrected chi connectivity index (χ3v) is 6.78. The molecular formula is C25H31Cl3N4O4. The Kier molecular flexibility index (Phi) is 10.2. The number of benzene rings is 1. The molecule has 4 heterocycles. The molecule has 0 radical (unpaired) electrons. The minimum Gasteiger partial charge on any atom is -0.497 e. The summed E-state index contributed by atoms with van der Waals surface area (Å²) >= 11 is 6.46. The highest BCUT2D eigenvalue weighted by Gasteiger charge is 2.24. The van der Waals surface area contributed by atoms with Gasteiger partial charge in [0.1, 0.15) is 19.0 Å². The predicted molar refractivity (Wildman–Crippen MR) is 144 cm³/mol. The van der Waals surface area contributed by atoms with Crippen molar-refractivity contribution >= 4 is 47.3 Å². The van der Waals surface area contributed by atoms with Crippen LogP contribution < -0.4 is 19.5 Å². The quantitative estimate of drug-likeness (QED) is 0.447. The predicted octanol–water partition coefficient (Wildman–Crippen LogP) is 4.19. The number of fused-ring (bicyclic) bond motifs is 2. The van der Waals surface area contributed by atoms with Gasteiger partial charge >= 0.3 is 0 Å². The number of ether oxygens (including phenoxy) is 3. The van der Waals surface area contributed by atoms with Crippen molar-refractivity contribution in [3.05, 3.63) is 52.9 Å². The van der Waals surface area contributed by atoms with Gasteiger partial charge in [-0.1, -0.05) is 11.6 Å². The average molecular weight is 558 g/mol. The Labute approximate surface area is 228 Å². The lowest BCUT2D eigenvalue weighted by molar-refractivity contribution is 0.0949. The van der Waals surface area contributed by atoms with Gasteiger partial charge < -0.3 is 29.5 Å². The maximum atomic E-state index is 11.1. The normalized spacial score (nSPS) is 16.6. The number of piperidine rings is 1. The van der Waals surface area contributed by atoms with E-state index >= 15 is 0 Å². The first kappa shape index (κ1) is 28.5. The second-order valence-electron chi connectivity index (χ2n) is 8.69. The fraction of sp³-hybridized carbons (Fsp3) is 0.440. The van der Waals surface area contributed by atoms with E-state index in [-0.39, 0.29) is 24.8 Å². The van der Waals surface area contributed by atoms with Gasteiger partial charge in [-0.25, -0.2) is 0 Å². The van der Waals surface area contributed by atoms with E-state index in [1.54, 1.807) is 19.5 Å². The molecule has 1 saturated heterocycles. The summed E-state index contributed by atoms with van der Waals surface area (Å²) in [7, 11) is 1.62. The van der Waals surface area contributed by atoms with Crippen LogP contribution in [0.4, 0.5) is 0 Å². The second kappa shape index (κ2) is 12.9. The van der Waals surface area contributed by atoms with Crippen molar-refractivity contribution < 1.29 is 19.3 Å². The number of hydrogen-bond donors (Lipinski definition) is 2. The summed E-state index contributed by atoms with van der Waals surface area (Å²) < 4.78 is 16.5. The van der Waals surface area contributed by atoms with E-state index in [4.69, 9.17) is 25.8 Å². The lowest BCUT2D eigenvalue weighted by Gasteiger charge is -2.34. The van der Waals surface area contributed by atoms with E-state index in [9.17, 15) is 5.11 Å². The molecule has 0 spiro atoms. The molecule has 36 heavy (non-hydrogen) atoms. The van der Waals surface area contributed by atoms with Crippen molar-refractivity contribution in [2.75, 3.05) is 40.0 Å². The van der Waals surface area contributed by atoms with E-state index in [1.807, 2.05) is 24.3 Å². The second-order valence-corrected chi connectivity index (χ2v) is 9.10. The number of likely N-dealkylation sites (tertiary alicyclic amines) is 1. The molecule has 2 aromatic heterocycles. The number of nitrogens with one attached hydrogen (secondary N) is 1. The van der Waals surface area contributed by atoms with Gasteiger partial charge in [0, 0.05) is 42.3 Å². The topological polar surface area (TPSA) is 89.0 Å². The highest BCUT2D eigenvalue weighted by Crippen LogP contribution is 2.33. The van der Waals surface area contributed by atoms with Gasteiger partial charge in [0.2, 0.25) is 0 Å². The van der Waals surface area contributed by atoms with Crippen LogP contribution in [0.3, 0.4) is 0 Å². The number of aromatic nitrogens is 2. The molecule has 2 aliphatic heterocycles. The number of nitrogens with zero attached hydrogens (tertiary/aromatic N) is 3. The summed E-state index contributed by atoms with van der Waals surface area (Å²) in [5, 5.41) is 16.0. The standard InChI is InChI=1S/C25H29ClN4O4.2ClH/c1-32-18-2-3-21-19(11-18)25(20(26)13-29-21)22(31)15-30-6-4-16(5-7-30)27-12-17-10-23-24(14-28-17)34-9-8-33-23;;/h2-3,10-11,13-14,16,22,27,31H,4-9,12,15H2,1H3;2*1H. The fourth-order valence-corrected chi connectivity index (χ4v) is 4.90. The Bertz CT molecular complexity index is 1160. The van der Waals surface area contributed by atoms with Crippen molar-refractivity contribution in [2.24, 2.45) is 0 Å². The zero-order valence-corrected chi connectivity index (χ0v) is 22.4. The van der Waals surface area contributed by atoms with Crippen molar-refractivity contribution in [3.63, 3.8) is 0 Å². The van der Waals surface area contributed by atoms with E-state index in [2.05, 4.69) is 20.2 Å². The van der Waals surface area contributed by atoms with Crippen LogP contribution in [-0.2, 0) is 6.54 Å². The molecule has 1 fully saturated rings. The molecule has 2 N–H and O–H groups in total. The van der Waals surface area contributed by atoms with Gasteiger partial charge in [-0.3, -0.25) is 9.97 Å². The molecule has 0 aliphatic carbocycles. The van der Waals surface area contributed by atoms with Crippen LogP contribution in [-0.4, -0.2) is 66.0 Å². The Morgan fingerprint density at radius 2 is 1.86 bits per heavy atom. The number of rotatable bonds is 7. The number of aliphatic hydroxyl groups excluding tert-OH is 1. The molecule has 8 nitrogen and oxygen atoms in total. The number of hydrogen-bond acceptors (Lipinski definition) is 8. The summed E-state index contributed by atoms with van der Waals surface area (Å²) in [5.41, 5.74) is 2.43. The number of aliphatic hydroxyl groups is 1. The maximum absolute atomic E-state index is 11.1. The van der Waals surface area contributed by atoms with E-state index in [0.717, 1.165) is 48.3 Å². The summed E-state index contributed by atoms with van der Waals surface area (Å²) in [6.45, 7) is 4.14. The summed E-state index contributed by atoms with van der Waals surface area (Å²) in [5.74, 6) is 2.19. The van der Waals surface area contributed by atoms with E-state index in [1.165, 1.54) is 0 Å². The zero-order valence-electron chi connectivity index (χ0n) is 20.0. The summed E-state index contributed by atoms with van der Waals surface area (Å²) in [4.78, 5) is 11.1. The van der Waals surface area contributed by atoms with Gasteiger partial charge in [-0.15, -0.1) is 24.8 Å². The monoisotopic (exact) mass is 556 g/mol. The number of β-amino-alcohol motifs (C(OH)–C–C–N with tert-alkyl or cyclic N) is 1. The third-order valence-electron chi connectivity index (χ3n) is 6.48. The molecule has 196 valence electrons. The van der Waals surface area contributed by atoms with Crippen LogP contribution in [0, 0.1) is 0 Å². The van der Waals surface area contributed by atoms with Crippen LogP contribution in [0.5, 0.6) is 17.2 Å². The van der Waals surface area contributed by atoms with Crippen LogP contribution in [0.25, 0.3) is 10.9 Å². The van der Waals surface area contributed by atoms with Crippen LogP contribution >= 0.6 is 36.4 Å². The molecule has 1 unspecified atom stereocenters. The molecule has 1 atom stereocenters. The first-order valence-corrected chi connectivity index (χ1v) is 12.0. The highest BCUT2D eigenvalue weighted by atomic mass is 35.5. The smallest absolute Gasteiger partial charge is 0.179 e. The molecule has 3 aromatic rings. The van der Waals surface area contributed by atoms with Crippen molar-refractivity contribution in [3.8, 4) is 17.2 Å². The molecule has 1 aromatic carbocycles. The lowest BCUT2D eigenvalue weighted by atomic mass is 10.0. The minimum atomic E-state index is -0.712. The largest absolute Gasteiger partial charge is 0.497 e. The first-order chi connectivity index (χ1) is 16.6. The lowest BCUT2D eigenvalue weighted by Crippen LogP contribution is -2.43. The van der Waals surface area contributed by atoms with Crippen LogP contribution in [0.1, 0.15) is 30.2 Å². The Balaban J connectivity index is 0.00000180. The molecule has 0 bridgehead atoms. The maximum Gasteiger partial charge on any atom is 0.179 e. The summed E-state index contributed by atoms with van der Waals surface area (Å²) in [6, 6.07) is 7.98. The van der Waals surface area contributed by atoms with E-state index < -0.39 is 6.10 Å². The Hall–Kier alpha value is -2.07.